The third kappa shape index (κ3) is 6.93. The van der Waals surface area contributed by atoms with Gasteiger partial charge in [-0.25, -0.2) is 9.79 Å². The standard InChI is InChI=1S/C33H29N3O9S2/c1-5-17-44-24-14-10-23(11-15-24)30-29(32(38)43-6-2)21(4)34-33-35(30)31(37)28(46-33)18-22-8-12-25(13-9-22)45-47(41,42)26-16-7-20(3)27(19-26)36(39)40/h5,7-16,18-19,30H,1,6,17H2,2-4H3/b28-18-/t30-/m0/s1. The minimum absolute atomic E-state index is 0.0259. The molecule has 0 aliphatic carbocycles. The summed E-state index contributed by atoms with van der Waals surface area (Å²) in [5, 5.41) is 11.3. The molecule has 1 atom stereocenters. The van der Waals surface area contributed by atoms with Gasteiger partial charge in [-0.1, -0.05) is 54.3 Å². The Morgan fingerprint density at radius 3 is 2.40 bits per heavy atom. The summed E-state index contributed by atoms with van der Waals surface area (Å²) in [7, 11) is -4.36. The molecule has 14 heteroatoms. The Hall–Kier alpha value is -5.34. The quantitative estimate of drug-likeness (QED) is 0.0742. The van der Waals surface area contributed by atoms with Gasteiger partial charge in [0.05, 0.1) is 33.4 Å². The molecule has 242 valence electrons. The summed E-state index contributed by atoms with van der Waals surface area (Å²) >= 11 is 1.14. The van der Waals surface area contributed by atoms with Crippen LogP contribution in [0.15, 0.2) is 105 Å². The largest absolute Gasteiger partial charge is 0.490 e. The lowest BCUT2D eigenvalue weighted by Crippen LogP contribution is -2.39. The highest BCUT2D eigenvalue weighted by atomic mass is 32.2. The molecule has 0 saturated heterocycles. The van der Waals surface area contributed by atoms with E-state index in [0.29, 0.717) is 44.1 Å². The van der Waals surface area contributed by atoms with Crippen LogP contribution >= 0.6 is 11.3 Å². The first-order chi connectivity index (χ1) is 22.4. The van der Waals surface area contributed by atoms with Crippen LogP contribution in [0.5, 0.6) is 11.5 Å². The minimum atomic E-state index is -4.36. The Morgan fingerprint density at radius 1 is 1.09 bits per heavy atom. The molecule has 0 amide bonds. The Morgan fingerprint density at radius 2 is 1.77 bits per heavy atom. The van der Waals surface area contributed by atoms with Crippen LogP contribution in [0.3, 0.4) is 0 Å². The van der Waals surface area contributed by atoms with E-state index in [2.05, 4.69) is 11.6 Å². The van der Waals surface area contributed by atoms with Gasteiger partial charge in [-0.2, -0.15) is 8.42 Å². The van der Waals surface area contributed by atoms with E-state index in [-0.39, 0.29) is 34.1 Å². The third-order valence-corrected chi connectivity index (χ3v) is 9.36. The summed E-state index contributed by atoms with van der Waals surface area (Å²) in [5.74, 6) is -0.00675. The van der Waals surface area contributed by atoms with Gasteiger partial charge in [0.1, 0.15) is 23.0 Å². The molecule has 12 nitrogen and oxygen atoms in total. The summed E-state index contributed by atoms with van der Waals surface area (Å²) in [6.07, 6.45) is 3.25. The van der Waals surface area contributed by atoms with Crippen molar-refractivity contribution in [1.82, 2.24) is 4.57 Å². The number of aryl methyl sites for hydroxylation is 1. The summed E-state index contributed by atoms with van der Waals surface area (Å²) in [4.78, 5) is 42.2. The molecule has 47 heavy (non-hydrogen) atoms. The van der Waals surface area contributed by atoms with Crippen molar-refractivity contribution < 1.29 is 31.8 Å². The van der Waals surface area contributed by atoms with Gasteiger partial charge in [0.15, 0.2) is 4.80 Å². The van der Waals surface area contributed by atoms with Crippen molar-refractivity contribution in [3.8, 4) is 11.5 Å². The second kappa shape index (κ2) is 13.6. The molecule has 5 rings (SSSR count). The molecule has 0 radical (unpaired) electrons. The molecule has 0 saturated carbocycles. The maximum Gasteiger partial charge on any atom is 0.339 e. The van der Waals surface area contributed by atoms with Crippen LogP contribution in [-0.2, 0) is 19.6 Å². The predicted molar refractivity (Wildman–Crippen MR) is 175 cm³/mol. The van der Waals surface area contributed by atoms with Crippen LogP contribution in [-0.4, -0.2) is 37.1 Å². The van der Waals surface area contributed by atoms with Gasteiger partial charge in [-0.05, 0) is 68.3 Å². The van der Waals surface area contributed by atoms with Crippen molar-refractivity contribution in [2.45, 2.75) is 31.7 Å². The Balaban J connectivity index is 1.49. The monoisotopic (exact) mass is 675 g/mol. The molecule has 3 aromatic carbocycles. The van der Waals surface area contributed by atoms with Crippen LogP contribution in [0.25, 0.3) is 6.08 Å². The van der Waals surface area contributed by atoms with E-state index in [1.807, 2.05) is 0 Å². The lowest BCUT2D eigenvalue weighted by molar-refractivity contribution is -0.385. The van der Waals surface area contributed by atoms with E-state index in [9.17, 15) is 28.1 Å². The number of nitrogens with zero attached hydrogens (tertiary/aromatic N) is 3. The zero-order valence-corrected chi connectivity index (χ0v) is 27.2. The van der Waals surface area contributed by atoms with Gasteiger partial charge in [0.2, 0.25) is 0 Å². The van der Waals surface area contributed by atoms with Gasteiger partial charge in [-0.3, -0.25) is 19.5 Å². The van der Waals surface area contributed by atoms with E-state index in [0.717, 1.165) is 17.4 Å². The highest BCUT2D eigenvalue weighted by Gasteiger charge is 2.33. The van der Waals surface area contributed by atoms with E-state index >= 15 is 0 Å². The molecular weight excluding hydrogens is 647 g/mol. The highest BCUT2D eigenvalue weighted by Crippen LogP contribution is 2.32. The molecule has 0 fully saturated rings. The molecule has 4 aromatic rings. The zero-order valence-electron chi connectivity index (χ0n) is 25.5. The van der Waals surface area contributed by atoms with Crippen LogP contribution in [0, 0.1) is 17.0 Å². The lowest BCUT2D eigenvalue weighted by atomic mass is 9.96. The second-order valence-corrected chi connectivity index (χ2v) is 12.8. The molecule has 1 aromatic heterocycles. The Kier molecular flexibility index (Phi) is 9.54. The van der Waals surface area contributed by atoms with Gasteiger partial charge < -0.3 is 13.7 Å². The first-order valence-electron chi connectivity index (χ1n) is 14.3. The number of carbonyl (C=O) groups is 1. The molecule has 0 bridgehead atoms. The van der Waals surface area contributed by atoms with E-state index in [1.165, 1.54) is 35.8 Å². The van der Waals surface area contributed by atoms with Crippen molar-refractivity contribution in [1.29, 1.82) is 0 Å². The number of aromatic nitrogens is 1. The number of thiazole rings is 1. The molecule has 1 aliphatic rings. The smallest absolute Gasteiger partial charge is 0.339 e. The van der Waals surface area contributed by atoms with Gasteiger partial charge in [0, 0.05) is 11.6 Å². The van der Waals surface area contributed by atoms with Crippen molar-refractivity contribution in [2.75, 3.05) is 13.2 Å². The van der Waals surface area contributed by atoms with E-state index in [1.54, 1.807) is 62.4 Å². The molecule has 0 spiro atoms. The molecular formula is C33H29N3O9S2. The molecule has 2 heterocycles. The van der Waals surface area contributed by atoms with Gasteiger partial charge >= 0.3 is 16.1 Å². The predicted octanol–water partition coefficient (Wildman–Crippen LogP) is 4.35. The number of nitro groups is 1. The SMILES string of the molecule is C=CCOc1ccc([C@H]2C(C(=O)OCC)=C(C)N=c3s/c(=C\c4ccc(OS(=O)(=O)c5ccc(C)c([N+](=O)[O-])c5)cc4)c(=O)n32)cc1. The van der Waals surface area contributed by atoms with Crippen molar-refractivity contribution in [3.05, 3.63) is 137 Å². The zero-order chi connectivity index (χ0) is 33.9. The first-order valence-corrected chi connectivity index (χ1v) is 16.5. The number of hydrogen-bond donors (Lipinski definition) is 0. The number of nitro benzene ring substituents is 1. The number of esters is 1. The molecule has 0 N–H and O–H groups in total. The van der Waals surface area contributed by atoms with Crippen molar-refractivity contribution >= 4 is 39.2 Å². The van der Waals surface area contributed by atoms with E-state index in [4.69, 9.17) is 13.7 Å². The second-order valence-electron chi connectivity index (χ2n) is 10.3. The number of benzene rings is 3. The van der Waals surface area contributed by atoms with Crippen LogP contribution in [0.2, 0.25) is 0 Å². The minimum Gasteiger partial charge on any atom is -0.490 e. The number of fused-ring (bicyclic) bond motifs is 1. The molecule has 0 unspecified atom stereocenters. The summed E-state index contributed by atoms with van der Waals surface area (Å²) < 4.78 is 43.6. The normalized spacial score (nSPS) is 14.6. The Labute approximate surface area is 273 Å². The molecule has 1 aliphatic heterocycles. The maximum absolute atomic E-state index is 13.9. The fourth-order valence-electron chi connectivity index (χ4n) is 4.90. The highest BCUT2D eigenvalue weighted by molar-refractivity contribution is 7.87. The lowest BCUT2D eigenvalue weighted by Gasteiger charge is -2.24. The van der Waals surface area contributed by atoms with Crippen molar-refractivity contribution in [3.63, 3.8) is 0 Å². The maximum atomic E-state index is 13.9. The summed E-state index contributed by atoms with van der Waals surface area (Å²) in [6.45, 7) is 9.01. The average molecular weight is 676 g/mol. The summed E-state index contributed by atoms with van der Waals surface area (Å²) in [6, 6.07) is 15.7. The topological polar surface area (TPSA) is 156 Å². The van der Waals surface area contributed by atoms with Crippen molar-refractivity contribution in [2.24, 2.45) is 4.99 Å². The third-order valence-electron chi connectivity index (χ3n) is 7.13. The number of carbonyl (C=O) groups excluding carboxylic acids is 1. The number of rotatable bonds is 11. The van der Waals surface area contributed by atoms with Crippen LogP contribution in [0.1, 0.15) is 36.6 Å². The van der Waals surface area contributed by atoms with Gasteiger partial charge in [0.25, 0.3) is 11.2 Å². The average Bonchev–Trinajstić information content (AvgIpc) is 3.34. The first kappa shape index (κ1) is 33.0. The summed E-state index contributed by atoms with van der Waals surface area (Å²) in [5.41, 5.74) is 1.47. The van der Waals surface area contributed by atoms with Crippen LogP contribution in [0.4, 0.5) is 5.69 Å². The number of hydrogen-bond acceptors (Lipinski definition) is 11. The van der Waals surface area contributed by atoms with Crippen LogP contribution < -0.4 is 23.8 Å². The number of ether oxygens (including phenoxy) is 2. The Bertz CT molecular complexity index is 2200. The number of allylic oxidation sites excluding steroid dienone is 1. The van der Waals surface area contributed by atoms with E-state index < -0.39 is 27.1 Å². The van der Waals surface area contributed by atoms with Gasteiger partial charge in [-0.15, -0.1) is 0 Å². The fraction of sp³-hybridized carbons (Fsp3) is 0.182. The fourth-order valence-corrected chi connectivity index (χ4v) is 6.89.